The lowest BCUT2D eigenvalue weighted by Gasteiger charge is -2.24. The van der Waals surface area contributed by atoms with Crippen LogP contribution >= 0.6 is 11.8 Å². The number of carboxylic acids is 1. The molecule has 1 aliphatic heterocycles. The second-order valence-corrected chi connectivity index (χ2v) is 6.12. The van der Waals surface area contributed by atoms with Gasteiger partial charge < -0.3 is 9.84 Å². The quantitative estimate of drug-likeness (QED) is 0.870. The zero-order chi connectivity index (χ0) is 13.2. The molecule has 18 heavy (non-hydrogen) atoms. The summed E-state index contributed by atoms with van der Waals surface area (Å²) in [6.07, 6.45) is 0.797. The molecule has 1 aromatic carbocycles. The summed E-state index contributed by atoms with van der Waals surface area (Å²) in [5.41, 5.74) is 1.17. The van der Waals surface area contributed by atoms with Crippen molar-refractivity contribution in [3.63, 3.8) is 0 Å². The van der Waals surface area contributed by atoms with Crippen LogP contribution in [0.2, 0.25) is 0 Å². The van der Waals surface area contributed by atoms with E-state index in [1.807, 2.05) is 31.2 Å². The van der Waals surface area contributed by atoms with E-state index in [0.717, 1.165) is 12.2 Å². The summed E-state index contributed by atoms with van der Waals surface area (Å²) < 4.78 is 5.11. The fourth-order valence-electron chi connectivity index (χ4n) is 2.09. The van der Waals surface area contributed by atoms with Gasteiger partial charge in [0.2, 0.25) is 0 Å². The fraction of sp³-hybridized carbons (Fsp3) is 0.462. The molecule has 0 saturated carbocycles. The van der Waals surface area contributed by atoms with Gasteiger partial charge in [0.1, 0.15) is 11.8 Å². The number of hydrogen-bond donors (Lipinski definition) is 2. The molecule has 2 rings (SSSR count). The van der Waals surface area contributed by atoms with E-state index in [-0.39, 0.29) is 4.87 Å². The minimum atomic E-state index is -0.777. The molecule has 1 heterocycles. The monoisotopic (exact) mass is 267 g/mol. The van der Waals surface area contributed by atoms with Crippen molar-refractivity contribution in [3.05, 3.63) is 29.8 Å². The molecule has 0 aliphatic carbocycles. The molecule has 2 N–H and O–H groups in total. The van der Waals surface area contributed by atoms with Gasteiger partial charge in [0.25, 0.3) is 0 Å². The van der Waals surface area contributed by atoms with E-state index in [1.165, 1.54) is 5.56 Å². The Morgan fingerprint density at radius 2 is 2.22 bits per heavy atom. The van der Waals surface area contributed by atoms with Crippen molar-refractivity contribution in [3.8, 4) is 5.75 Å². The van der Waals surface area contributed by atoms with Gasteiger partial charge >= 0.3 is 5.97 Å². The summed E-state index contributed by atoms with van der Waals surface area (Å²) in [5, 5.41) is 12.2. The molecule has 0 radical (unpaired) electrons. The van der Waals surface area contributed by atoms with Crippen LogP contribution in [0.15, 0.2) is 24.3 Å². The van der Waals surface area contributed by atoms with Gasteiger partial charge in [-0.05, 0) is 31.0 Å². The standard InChI is InChI=1S/C13H17NO3S/c1-13(14-11(8-18-13)12(15)16)7-9-3-5-10(17-2)6-4-9/h3-6,11,14H,7-8H2,1-2H3,(H,15,16). The van der Waals surface area contributed by atoms with Crippen LogP contribution in [0.3, 0.4) is 0 Å². The van der Waals surface area contributed by atoms with Gasteiger partial charge in [-0.3, -0.25) is 10.1 Å². The van der Waals surface area contributed by atoms with Crippen molar-refractivity contribution in [1.29, 1.82) is 0 Å². The van der Waals surface area contributed by atoms with Crippen LogP contribution in [0.4, 0.5) is 0 Å². The van der Waals surface area contributed by atoms with Gasteiger partial charge in [0.15, 0.2) is 0 Å². The largest absolute Gasteiger partial charge is 0.497 e. The molecule has 1 saturated heterocycles. The highest BCUT2D eigenvalue weighted by atomic mass is 32.2. The zero-order valence-corrected chi connectivity index (χ0v) is 11.3. The Hall–Kier alpha value is -1.20. The molecule has 0 spiro atoms. The maximum Gasteiger partial charge on any atom is 0.321 e. The molecule has 98 valence electrons. The first-order valence-corrected chi connectivity index (χ1v) is 6.78. The Morgan fingerprint density at radius 1 is 1.56 bits per heavy atom. The Kier molecular flexibility index (Phi) is 3.82. The lowest BCUT2D eigenvalue weighted by atomic mass is 10.1. The van der Waals surface area contributed by atoms with Gasteiger partial charge in [-0.1, -0.05) is 12.1 Å². The number of nitrogens with one attached hydrogen (secondary N) is 1. The fourth-order valence-corrected chi connectivity index (χ4v) is 3.34. The van der Waals surface area contributed by atoms with E-state index in [4.69, 9.17) is 9.84 Å². The number of ether oxygens (including phenoxy) is 1. The number of carboxylic acid groups (broad SMARTS) is 1. The third kappa shape index (κ3) is 2.97. The van der Waals surface area contributed by atoms with Crippen LogP contribution in [0, 0.1) is 0 Å². The third-order valence-electron chi connectivity index (χ3n) is 3.05. The Labute approximate surface area is 111 Å². The normalized spacial score (nSPS) is 27.1. The summed E-state index contributed by atoms with van der Waals surface area (Å²) in [6.45, 7) is 2.05. The molecule has 1 aromatic rings. The number of carbonyl (C=O) groups is 1. The number of hydrogen-bond acceptors (Lipinski definition) is 4. The number of methoxy groups -OCH3 is 1. The predicted octanol–water partition coefficient (Wildman–Crippen LogP) is 1.74. The molecule has 0 aromatic heterocycles. The van der Waals surface area contributed by atoms with Crippen molar-refractivity contribution in [1.82, 2.24) is 5.32 Å². The van der Waals surface area contributed by atoms with Crippen LogP contribution in [-0.2, 0) is 11.2 Å². The maximum absolute atomic E-state index is 10.9. The van der Waals surface area contributed by atoms with Gasteiger partial charge in [0, 0.05) is 5.75 Å². The highest BCUT2D eigenvalue weighted by Crippen LogP contribution is 2.33. The Bertz CT molecular complexity index is 434. The molecule has 2 unspecified atom stereocenters. The minimum absolute atomic E-state index is 0.211. The second-order valence-electron chi connectivity index (χ2n) is 4.60. The highest BCUT2D eigenvalue weighted by Gasteiger charge is 2.38. The molecular formula is C13H17NO3S. The van der Waals surface area contributed by atoms with E-state index in [0.29, 0.717) is 5.75 Å². The van der Waals surface area contributed by atoms with Crippen LogP contribution < -0.4 is 10.1 Å². The molecule has 0 bridgehead atoms. The number of rotatable bonds is 4. The van der Waals surface area contributed by atoms with E-state index >= 15 is 0 Å². The van der Waals surface area contributed by atoms with Gasteiger partial charge in [-0.25, -0.2) is 0 Å². The minimum Gasteiger partial charge on any atom is -0.497 e. The molecule has 4 nitrogen and oxygen atoms in total. The molecular weight excluding hydrogens is 250 g/mol. The lowest BCUT2D eigenvalue weighted by Crippen LogP contribution is -2.44. The number of aliphatic carboxylic acids is 1. The van der Waals surface area contributed by atoms with Gasteiger partial charge in [0.05, 0.1) is 12.0 Å². The van der Waals surface area contributed by atoms with E-state index < -0.39 is 12.0 Å². The predicted molar refractivity (Wildman–Crippen MR) is 72.1 cm³/mol. The second kappa shape index (κ2) is 5.20. The van der Waals surface area contributed by atoms with Crippen LogP contribution in [0.5, 0.6) is 5.75 Å². The van der Waals surface area contributed by atoms with Gasteiger partial charge in [-0.2, -0.15) is 0 Å². The molecule has 1 aliphatic rings. The highest BCUT2D eigenvalue weighted by molar-refractivity contribution is 8.00. The maximum atomic E-state index is 10.9. The van der Waals surface area contributed by atoms with E-state index in [9.17, 15) is 4.79 Å². The van der Waals surface area contributed by atoms with Crippen molar-refractivity contribution < 1.29 is 14.6 Å². The topological polar surface area (TPSA) is 58.6 Å². The third-order valence-corrected chi connectivity index (χ3v) is 4.45. The average Bonchev–Trinajstić information content (AvgIpc) is 2.73. The smallest absolute Gasteiger partial charge is 0.321 e. The summed E-state index contributed by atoms with van der Waals surface area (Å²) in [5.74, 6) is 0.669. The number of thioether (sulfide) groups is 1. The summed E-state index contributed by atoms with van der Waals surface area (Å²) in [7, 11) is 1.64. The van der Waals surface area contributed by atoms with E-state index in [1.54, 1.807) is 18.9 Å². The molecule has 2 atom stereocenters. The summed E-state index contributed by atoms with van der Waals surface area (Å²) >= 11 is 1.66. The SMILES string of the molecule is COc1ccc(CC2(C)NC(C(=O)O)CS2)cc1. The van der Waals surface area contributed by atoms with Crippen LogP contribution in [-0.4, -0.2) is 34.9 Å². The van der Waals surface area contributed by atoms with Gasteiger partial charge in [-0.15, -0.1) is 11.8 Å². The van der Waals surface area contributed by atoms with Crippen LogP contribution in [0.1, 0.15) is 12.5 Å². The zero-order valence-electron chi connectivity index (χ0n) is 10.5. The van der Waals surface area contributed by atoms with Crippen molar-refractivity contribution in [2.45, 2.75) is 24.3 Å². The average molecular weight is 267 g/mol. The molecule has 0 amide bonds. The first-order valence-electron chi connectivity index (χ1n) is 5.80. The first kappa shape index (κ1) is 13.2. The first-order chi connectivity index (χ1) is 8.52. The Balaban J connectivity index is 2.02. The molecule has 5 heteroatoms. The van der Waals surface area contributed by atoms with Crippen molar-refractivity contribution in [2.75, 3.05) is 12.9 Å². The molecule has 1 fully saturated rings. The van der Waals surface area contributed by atoms with Crippen molar-refractivity contribution in [2.24, 2.45) is 0 Å². The number of benzene rings is 1. The Morgan fingerprint density at radius 3 is 2.72 bits per heavy atom. The summed E-state index contributed by atoms with van der Waals surface area (Å²) in [6, 6.07) is 7.43. The lowest BCUT2D eigenvalue weighted by molar-refractivity contribution is -0.138. The van der Waals surface area contributed by atoms with Crippen molar-refractivity contribution >= 4 is 17.7 Å². The van der Waals surface area contributed by atoms with Crippen LogP contribution in [0.25, 0.3) is 0 Å². The van der Waals surface area contributed by atoms with E-state index in [2.05, 4.69) is 5.32 Å². The summed E-state index contributed by atoms with van der Waals surface area (Å²) in [4.78, 5) is 10.7.